The Hall–Kier alpha value is -1.21. The van der Waals surface area contributed by atoms with E-state index in [0.717, 1.165) is 25.7 Å². The van der Waals surface area contributed by atoms with E-state index < -0.39 is 124 Å². The summed E-state index contributed by atoms with van der Waals surface area (Å²) in [6.45, 7) is 1.44. The predicted octanol–water partition coefficient (Wildman–Crippen LogP) is 5.99. The lowest BCUT2D eigenvalue weighted by atomic mass is 9.96. The summed E-state index contributed by atoms with van der Waals surface area (Å²) in [5, 5.41) is 119. The molecule has 3 fully saturated rings. The third-order valence-corrected chi connectivity index (χ3v) is 16.2. The van der Waals surface area contributed by atoms with Crippen molar-refractivity contribution in [3.05, 3.63) is 0 Å². The van der Waals surface area contributed by atoms with Gasteiger partial charge in [0.05, 0.1) is 38.6 Å². The number of amides is 1. The molecule has 0 aliphatic carbocycles. The van der Waals surface area contributed by atoms with Gasteiger partial charge in [-0.05, 0) is 12.8 Å². The van der Waals surface area contributed by atoms with Crippen molar-refractivity contribution < 1.29 is 89.4 Å². The smallest absolute Gasteiger partial charge is 0.220 e. The minimum Gasteiger partial charge on any atom is -0.394 e. The quantitative estimate of drug-likeness (QED) is 0.0312. The number of nitrogens with one attached hydrogen (secondary N) is 1. The maximum Gasteiger partial charge on any atom is 0.220 e. The molecule has 0 aromatic rings. The third kappa shape index (κ3) is 27.0. The molecule has 17 unspecified atom stereocenters. The second kappa shape index (κ2) is 43.4. The monoisotopic (exact) mass is 1120 g/mol. The van der Waals surface area contributed by atoms with E-state index in [1.54, 1.807) is 0 Å². The lowest BCUT2D eigenvalue weighted by Crippen LogP contribution is -2.66. The van der Waals surface area contributed by atoms with Crippen LogP contribution in [0, 0.1) is 0 Å². The van der Waals surface area contributed by atoms with E-state index in [1.165, 1.54) is 180 Å². The van der Waals surface area contributed by atoms with Gasteiger partial charge < -0.3 is 89.9 Å². The Bertz CT molecular complexity index is 1440. The second-order valence-corrected chi connectivity index (χ2v) is 22.9. The van der Waals surface area contributed by atoms with E-state index in [4.69, 9.17) is 28.4 Å². The van der Waals surface area contributed by atoms with Gasteiger partial charge in [0.1, 0.15) is 73.2 Å². The Morgan fingerprint density at radius 1 is 0.410 bits per heavy atom. The number of carbonyl (C=O) groups excluding carboxylic acids is 1. The first-order valence-corrected chi connectivity index (χ1v) is 31.3. The lowest BCUT2D eigenvalue weighted by Gasteiger charge is -2.48. The van der Waals surface area contributed by atoms with Crippen LogP contribution in [0.1, 0.15) is 239 Å². The molecule has 0 spiro atoms. The summed E-state index contributed by atoms with van der Waals surface area (Å²) in [6, 6.07) is -0.877. The Labute approximate surface area is 468 Å². The highest BCUT2D eigenvalue weighted by Crippen LogP contribution is 2.33. The van der Waals surface area contributed by atoms with Crippen molar-refractivity contribution in [1.29, 1.82) is 0 Å². The van der Waals surface area contributed by atoms with Gasteiger partial charge in [-0.2, -0.15) is 0 Å². The van der Waals surface area contributed by atoms with E-state index in [1.807, 2.05) is 6.92 Å². The first-order valence-electron chi connectivity index (χ1n) is 31.3. The number of rotatable bonds is 47. The van der Waals surface area contributed by atoms with Crippen molar-refractivity contribution >= 4 is 5.91 Å². The molecule has 12 N–H and O–H groups in total. The van der Waals surface area contributed by atoms with Gasteiger partial charge in [0.2, 0.25) is 5.91 Å². The number of hydrogen-bond donors (Lipinski definition) is 12. The molecule has 19 nitrogen and oxygen atoms in total. The standard InChI is InChI=1S/C59H113NO18/c1-3-5-6-7-8-9-10-11-12-13-14-15-16-17-18-19-20-21-22-23-24-25-26-27-28-29-30-31-32-33-34-35-37-43(64)42(60-47(65)36-4-2)41-73-57-53(71)50(68)55(45(39-62)75-57)78-59-54(72)51(69)56(46(40-63)76-59)77-58-52(70)49(67)48(66)44(38-61)74-58/h42-46,48-59,61-64,66-72H,3-41H2,1-2H3,(H,60,65). The number of unbranched alkanes of at least 4 members (excludes halogenated alkanes) is 31. The molecule has 1 amide bonds. The van der Waals surface area contributed by atoms with Crippen molar-refractivity contribution in [1.82, 2.24) is 5.32 Å². The van der Waals surface area contributed by atoms with E-state index >= 15 is 0 Å². The summed E-state index contributed by atoms with van der Waals surface area (Å²) in [5.74, 6) is -0.293. The van der Waals surface area contributed by atoms with Crippen molar-refractivity contribution in [2.45, 2.75) is 343 Å². The zero-order chi connectivity index (χ0) is 56.9. The predicted molar refractivity (Wildman–Crippen MR) is 296 cm³/mol. The van der Waals surface area contributed by atoms with Crippen LogP contribution in [0.4, 0.5) is 0 Å². The average molecular weight is 1120 g/mol. The van der Waals surface area contributed by atoms with E-state index in [2.05, 4.69) is 12.2 Å². The maximum absolute atomic E-state index is 12.7. The number of hydrogen-bond acceptors (Lipinski definition) is 18. The average Bonchev–Trinajstić information content (AvgIpc) is 3.46. The molecule has 0 saturated carbocycles. The molecule has 3 heterocycles. The zero-order valence-electron chi connectivity index (χ0n) is 48.2. The van der Waals surface area contributed by atoms with Gasteiger partial charge in [-0.25, -0.2) is 0 Å². The number of ether oxygens (including phenoxy) is 6. The molecule has 78 heavy (non-hydrogen) atoms. The molecule has 462 valence electrons. The summed E-state index contributed by atoms with van der Waals surface area (Å²) in [7, 11) is 0. The Morgan fingerprint density at radius 3 is 1.09 bits per heavy atom. The molecule has 0 aromatic carbocycles. The van der Waals surface area contributed by atoms with Crippen molar-refractivity contribution in [3.8, 4) is 0 Å². The van der Waals surface area contributed by atoms with Crippen LogP contribution < -0.4 is 5.32 Å². The Balaban J connectivity index is 1.24. The van der Waals surface area contributed by atoms with E-state index in [-0.39, 0.29) is 18.9 Å². The SMILES string of the molecule is CCCCCCCCCCCCCCCCCCCCCCCCCCCCCCCCCCC(O)C(COC1OC(CO)C(OC2OC(CO)C(OC3OC(CO)C(O)C(O)C3O)C(O)C2O)C(O)C1O)NC(=O)CCC. The molecule has 3 rings (SSSR count). The van der Waals surface area contributed by atoms with Crippen LogP contribution in [-0.4, -0.2) is 193 Å². The van der Waals surface area contributed by atoms with Gasteiger partial charge in [0, 0.05) is 6.42 Å². The van der Waals surface area contributed by atoms with Gasteiger partial charge in [0.15, 0.2) is 18.9 Å². The van der Waals surface area contributed by atoms with Gasteiger partial charge >= 0.3 is 0 Å². The fraction of sp³-hybridized carbons (Fsp3) is 0.983. The fourth-order valence-electron chi connectivity index (χ4n) is 11.1. The lowest BCUT2D eigenvalue weighted by molar-refractivity contribution is -0.379. The minimum atomic E-state index is -1.97. The molecule has 3 aliphatic rings. The van der Waals surface area contributed by atoms with Crippen LogP contribution in [0.5, 0.6) is 0 Å². The molecule has 3 saturated heterocycles. The van der Waals surface area contributed by atoms with Gasteiger partial charge in [-0.3, -0.25) is 4.79 Å². The summed E-state index contributed by atoms with van der Waals surface area (Å²) >= 11 is 0. The van der Waals surface area contributed by atoms with Gasteiger partial charge in [-0.1, -0.05) is 219 Å². The molecular formula is C59H113NO18. The van der Waals surface area contributed by atoms with Crippen LogP contribution in [0.15, 0.2) is 0 Å². The summed E-state index contributed by atoms with van der Waals surface area (Å²) in [5.41, 5.74) is 0. The molecule has 17 atom stereocenters. The van der Waals surface area contributed by atoms with E-state index in [0.29, 0.717) is 12.8 Å². The molecule has 3 aliphatic heterocycles. The first-order chi connectivity index (χ1) is 37.8. The van der Waals surface area contributed by atoms with Crippen LogP contribution in [0.2, 0.25) is 0 Å². The van der Waals surface area contributed by atoms with Crippen LogP contribution in [-0.2, 0) is 33.2 Å². The van der Waals surface area contributed by atoms with Gasteiger partial charge in [0.25, 0.3) is 0 Å². The molecule has 19 heteroatoms. The maximum atomic E-state index is 12.7. The molecule has 0 bridgehead atoms. The largest absolute Gasteiger partial charge is 0.394 e. The fourth-order valence-corrected chi connectivity index (χ4v) is 11.1. The summed E-state index contributed by atoms with van der Waals surface area (Å²) in [4.78, 5) is 12.7. The second-order valence-electron chi connectivity index (χ2n) is 22.9. The first kappa shape index (κ1) is 71.1. The third-order valence-electron chi connectivity index (χ3n) is 16.2. The highest BCUT2D eigenvalue weighted by molar-refractivity contribution is 5.76. The Morgan fingerprint density at radius 2 is 0.731 bits per heavy atom. The topological polar surface area (TPSA) is 307 Å². The summed E-state index contributed by atoms with van der Waals surface area (Å²) in [6.07, 6.45) is 17.3. The normalized spacial score (nSPS) is 30.4. The van der Waals surface area contributed by atoms with Crippen molar-refractivity contribution in [3.63, 3.8) is 0 Å². The number of carbonyl (C=O) groups is 1. The number of aliphatic hydroxyl groups excluding tert-OH is 11. The van der Waals surface area contributed by atoms with Crippen molar-refractivity contribution in [2.75, 3.05) is 26.4 Å². The van der Waals surface area contributed by atoms with Crippen LogP contribution in [0.3, 0.4) is 0 Å². The van der Waals surface area contributed by atoms with Crippen molar-refractivity contribution in [2.24, 2.45) is 0 Å². The summed E-state index contributed by atoms with van der Waals surface area (Å²) < 4.78 is 34.0. The highest BCUT2D eigenvalue weighted by Gasteiger charge is 2.53. The zero-order valence-corrected chi connectivity index (χ0v) is 48.2. The van der Waals surface area contributed by atoms with E-state index in [9.17, 15) is 61.0 Å². The number of aliphatic hydroxyl groups is 11. The molecular weight excluding hydrogens is 1010 g/mol. The van der Waals surface area contributed by atoms with Gasteiger partial charge in [-0.15, -0.1) is 0 Å². The van der Waals surface area contributed by atoms with Crippen LogP contribution in [0.25, 0.3) is 0 Å². The molecule has 0 radical (unpaired) electrons. The highest BCUT2D eigenvalue weighted by atomic mass is 16.8. The minimum absolute atomic E-state index is 0.220. The Kier molecular flexibility index (Phi) is 39.6. The van der Waals surface area contributed by atoms with Crippen LogP contribution >= 0.6 is 0 Å². The molecule has 0 aromatic heterocycles.